The molecule has 144 valence electrons. The summed E-state index contributed by atoms with van der Waals surface area (Å²) in [5.74, 6) is 1.70. The van der Waals surface area contributed by atoms with Gasteiger partial charge >= 0.3 is 0 Å². The van der Waals surface area contributed by atoms with Gasteiger partial charge in [-0.2, -0.15) is 0 Å². The Morgan fingerprint density at radius 2 is 1.81 bits per heavy atom. The Morgan fingerprint density at radius 1 is 1.11 bits per heavy atom. The van der Waals surface area contributed by atoms with Crippen molar-refractivity contribution in [2.75, 3.05) is 52.8 Å². The third kappa shape index (κ3) is 4.43. The summed E-state index contributed by atoms with van der Waals surface area (Å²) in [6.07, 6.45) is 1.59. The van der Waals surface area contributed by atoms with Crippen LogP contribution in [0.4, 0.5) is 11.5 Å². The number of ether oxygens (including phenoxy) is 2. The van der Waals surface area contributed by atoms with Crippen LogP contribution in [0.1, 0.15) is 10.4 Å². The molecule has 1 aromatic carbocycles. The van der Waals surface area contributed by atoms with Gasteiger partial charge in [0.25, 0.3) is 5.91 Å². The van der Waals surface area contributed by atoms with Gasteiger partial charge in [-0.1, -0.05) is 11.6 Å². The van der Waals surface area contributed by atoms with Crippen molar-refractivity contribution in [3.8, 4) is 11.5 Å². The van der Waals surface area contributed by atoms with Crippen molar-refractivity contribution < 1.29 is 14.3 Å². The van der Waals surface area contributed by atoms with Crippen molar-refractivity contribution >= 4 is 29.0 Å². The highest BCUT2D eigenvalue weighted by Crippen LogP contribution is 2.37. The van der Waals surface area contributed by atoms with E-state index in [1.54, 1.807) is 44.7 Å². The van der Waals surface area contributed by atoms with Crippen LogP contribution in [0, 0.1) is 0 Å². The van der Waals surface area contributed by atoms with Crippen molar-refractivity contribution in [2.45, 2.75) is 0 Å². The summed E-state index contributed by atoms with van der Waals surface area (Å²) in [5.41, 5.74) is 1.25. The quantitative estimate of drug-likeness (QED) is 0.846. The van der Waals surface area contributed by atoms with Crippen molar-refractivity contribution in [2.24, 2.45) is 0 Å². The van der Waals surface area contributed by atoms with E-state index in [9.17, 15) is 4.79 Å². The predicted octanol–water partition coefficient (Wildman–Crippen LogP) is 2.88. The van der Waals surface area contributed by atoms with E-state index in [0.29, 0.717) is 33.6 Å². The number of hydrogen-bond donors (Lipinski definition) is 1. The van der Waals surface area contributed by atoms with E-state index in [-0.39, 0.29) is 5.91 Å². The minimum atomic E-state index is 0.00731. The molecule has 2 aromatic rings. The fourth-order valence-electron chi connectivity index (χ4n) is 2.88. The number of methoxy groups -OCH3 is 2. The van der Waals surface area contributed by atoms with Crippen molar-refractivity contribution in [1.29, 1.82) is 0 Å². The van der Waals surface area contributed by atoms with Crippen LogP contribution in [0.5, 0.6) is 11.5 Å². The summed E-state index contributed by atoms with van der Waals surface area (Å²) in [7, 11) is 5.17. The first kappa shape index (κ1) is 19.3. The van der Waals surface area contributed by atoms with Gasteiger partial charge in [-0.15, -0.1) is 0 Å². The molecule has 3 rings (SSSR count). The number of nitrogens with zero attached hydrogens (tertiary/aromatic N) is 3. The molecule has 1 fully saturated rings. The van der Waals surface area contributed by atoms with Gasteiger partial charge in [0, 0.05) is 44.5 Å². The van der Waals surface area contributed by atoms with Crippen LogP contribution in [0.2, 0.25) is 5.02 Å². The first-order chi connectivity index (χ1) is 13.0. The summed E-state index contributed by atoms with van der Waals surface area (Å²) in [6.45, 7) is 3.24. The minimum absolute atomic E-state index is 0.00731. The highest BCUT2D eigenvalue weighted by Gasteiger charge is 2.20. The molecule has 0 aliphatic carbocycles. The summed E-state index contributed by atoms with van der Waals surface area (Å²) < 4.78 is 10.6. The predicted molar refractivity (Wildman–Crippen MR) is 105 cm³/mol. The molecule has 0 unspecified atom stereocenters. The number of benzene rings is 1. The number of anilines is 2. The first-order valence-electron chi connectivity index (χ1n) is 8.64. The Balaban J connectivity index is 1.73. The Kier molecular flexibility index (Phi) is 6.03. The highest BCUT2D eigenvalue weighted by molar-refractivity contribution is 6.32. The van der Waals surface area contributed by atoms with E-state index in [1.165, 1.54) is 0 Å². The fraction of sp³-hybridized carbons (Fsp3) is 0.368. The zero-order valence-corrected chi connectivity index (χ0v) is 16.4. The van der Waals surface area contributed by atoms with E-state index in [0.717, 1.165) is 26.2 Å². The number of hydrogen-bond acceptors (Lipinski definition) is 6. The Hall–Kier alpha value is -2.51. The van der Waals surface area contributed by atoms with E-state index in [1.807, 2.05) is 4.90 Å². The molecular formula is C19H23ClN4O3. The normalized spacial score (nSPS) is 14.7. The van der Waals surface area contributed by atoms with Crippen LogP contribution in [0.3, 0.4) is 0 Å². The van der Waals surface area contributed by atoms with Gasteiger partial charge in [-0.05, 0) is 19.2 Å². The number of pyridine rings is 1. The molecule has 0 atom stereocenters. The van der Waals surface area contributed by atoms with Crippen molar-refractivity contribution in [3.63, 3.8) is 0 Å². The maximum Gasteiger partial charge on any atom is 0.255 e. The summed E-state index contributed by atoms with van der Waals surface area (Å²) in [6, 6.07) is 6.96. The van der Waals surface area contributed by atoms with Crippen LogP contribution < -0.4 is 14.8 Å². The number of likely N-dealkylation sites (N-methyl/N-ethyl adjacent to an activating group) is 1. The zero-order valence-electron chi connectivity index (χ0n) is 15.7. The molecule has 1 aliphatic rings. The lowest BCUT2D eigenvalue weighted by Gasteiger charge is -2.32. The monoisotopic (exact) mass is 390 g/mol. The number of nitrogens with one attached hydrogen (secondary N) is 1. The Bertz CT molecular complexity index is 805. The molecule has 1 amide bonds. The lowest BCUT2D eigenvalue weighted by atomic mass is 10.2. The van der Waals surface area contributed by atoms with Crippen LogP contribution in [-0.4, -0.2) is 68.1 Å². The van der Waals surface area contributed by atoms with Gasteiger partial charge in [0.1, 0.15) is 17.3 Å². The van der Waals surface area contributed by atoms with Gasteiger partial charge in [0.2, 0.25) is 0 Å². The standard InChI is InChI=1S/C19H23ClN4O3/c1-23-6-8-24(9-7-23)19(25)13-4-5-18(21-12-13)22-15-11-16(26-2)14(20)10-17(15)27-3/h4-5,10-12H,6-9H2,1-3H3,(H,21,22). The van der Waals surface area contributed by atoms with Crippen LogP contribution in [-0.2, 0) is 0 Å². The molecule has 0 bridgehead atoms. The number of halogens is 1. The number of amides is 1. The molecule has 1 N–H and O–H groups in total. The topological polar surface area (TPSA) is 66.9 Å². The average Bonchev–Trinajstić information content (AvgIpc) is 2.69. The number of aromatic nitrogens is 1. The van der Waals surface area contributed by atoms with Crippen molar-refractivity contribution in [3.05, 3.63) is 41.0 Å². The maximum absolute atomic E-state index is 12.6. The summed E-state index contributed by atoms with van der Waals surface area (Å²) in [4.78, 5) is 21.0. The van der Waals surface area contributed by atoms with Gasteiger partial charge in [0.15, 0.2) is 0 Å². The lowest BCUT2D eigenvalue weighted by molar-refractivity contribution is 0.0663. The highest BCUT2D eigenvalue weighted by atomic mass is 35.5. The second-order valence-electron chi connectivity index (χ2n) is 6.34. The Morgan fingerprint density at radius 3 is 2.41 bits per heavy atom. The van der Waals surface area contributed by atoms with Gasteiger partial charge in [-0.25, -0.2) is 4.98 Å². The fourth-order valence-corrected chi connectivity index (χ4v) is 3.11. The lowest BCUT2D eigenvalue weighted by Crippen LogP contribution is -2.47. The number of rotatable bonds is 5. The smallest absolute Gasteiger partial charge is 0.255 e. The molecular weight excluding hydrogens is 368 g/mol. The first-order valence-corrected chi connectivity index (χ1v) is 9.02. The van der Waals surface area contributed by atoms with E-state index >= 15 is 0 Å². The largest absolute Gasteiger partial charge is 0.495 e. The van der Waals surface area contributed by atoms with Crippen molar-refractivity contribution in [1.82, 2.24) is 14.8 Å². The van der Waals surface area contributed by atoms with Gasteiger partial charge in [0.05, 0.1) is 30.5 Å². The molecule has 0 saturated carbocycles. The molecule has 27 heavy (non-hydrogen) atoms. The van der Waals surface area contributed by atoms with Gasteiger partial charge in [-0.3, -0.25) is 4.79 Å². The second kappa shape index (κ2) is 8.45. The molecule has 0 spiro atoms. The van der Waals surface area contributed by atoms with Crippen LogP contribution in [0.15, 0.2) is 30.5 Å². The number of carbonyl (C=O) groups is 1. The third-order valence-corrected chi connectivity index (χ3v) is 4.83. The van der Waals surface area contributed by atoms with E-state index in [4.69, 9.17) is 21.1 Å². The molecule has 2 heterocycles. The Labute approximate surface area is 163 Å². The second-order valence-corrected chi connectivity index (χ2v) is 6.75. The SMILES string of the molecule is COc1cc(Nc2ccc(C(=O)N3CCN(C)CC3)cn2)c(OC)cc1Cl. The van der Waals surface area contributed by atoms with E-state index in [2.05, 4.69) is 22.2 Å². The minimum Gasteiger partial charge on any atom is -0.495 e. The third-order valence-electron chi connectivity index (χ3n) is 4.54. The molecule has 1 aliphatic heterocycles. The molecule has 8 heteroatoms. The zero-order chi connectivity index (χ0) is 19.4. The summed E-state index contributed by atoms with van der Waals surface area (Å²) in [5, 5.41) is 3.63. The molecule has 0 radical (unpaired) electrons. The number of piperazine rings is 1. The number of carbonyl (C=O) groups excluding carboxylic acids is 1. The van der Waals surface area contributed by atoms with Gasteiger partial charge < -0.3 is 24.6 Å². The molecule has 1 saturated heterocycles. The summed E-state index contributed by atoms with van der Waals surface area (Å²) >= 11 is 6.13. The van der Waals surface area contributed by atoms with E-state index < -0.39 is 0 Å². The average molecular weight is 391 g/mol. The van der Waals surface area contributed by atoms with Crippen LogP contribution >= 0.6 is 11.6 Å². The molecule has 7 nitrogen and oxygen atoms in total. The van der Waals surface area contributed by atoms with Crippen LogP contribution in [0.25, 0.3) is 0 Å². The maximum atomic E-state index is 12.6. The molecule has 1 aromatic heterocycles.